The Bertz CT molecular complexity index is 416. The molecule has 0 aromatic heterocycles. The molecular weight excluding hydrogens is 225 g/mol. The van der Waals surface area contributed by atoms with Crippen molar-refractivity contribution in [3.63, 3.8) is 0 Å². The number of nitrogens with two attached hydrogens (primary N) is 1. The highest BCUT2D eigenvalue weighted by atomic mass is 19.1. The van der Waals surface area contributed by atoms with E-state index in [4.69, 9.17) is 15.2 Å². The number of benzene rings is 1. The fourth-order valence-corrected chi connectivity index (χ4v) is 1.69. The fraction of sp³-hybridized carbons (Fsp3) is 0.417. The van der Waals surface area contributed by atoms with Crippen molar-refractivity contribution >= 4 is 11.7 Å². The molecule has 5 heteroatoms. The van der Waals surface area contributed by atoms with Crippen LogP contribution >= 0.6 is 0 Å². The molecule has 0 spiro atoms. The van der Waals surface area contributed by atoms with E-state index in [2.05, 4.69) is 0 Å². The van der Waals surface area contributed by atoms with Crippen molar-refractivity contribution in [2.45, 2.75) is 6.42 Å². The lowest BCUT2D eigenvalue weighted by atomic mass is 10.1. The van der Waals surface area contributed by atoms with E-state index >= 15 is 0 Å². The number of hydrogen-bond acceptors (Lipinski definition) is 4. The highest BCUT2D eigenvalue weighted by Crippen LogP contribution is 2.16. The molecule has 1 aliphatic heterocycles. The smallest absolute Gasteiger partial charge is 0.341 e. The molecular formula is C12H14FNO3. The molecule has 1 saturated heterocycles. The Labute approximate surface area is 98.5 Å². The first-order chi connectivity index (χ1) is 8.16. The third-order valence-corrected chi connectivity index (χ3v) is 2.68. The number of carbonyl (C=O) groups is 1. The van der Waals surface area contributed by atoms with Crippen LogP contribution in [0.25, 0.3) is 0 Å². The lowest BCUT2D eigenvalue weighted by molar-refractivity contribution is 0.0423. The maximum atomic E-state index is 13.3. The van der Waals surface area contributed by atoms with Gasteiger partial charge in [0.2, 0.25) is 0 Å². The summed E-state index contributed by atoms with van der Waals surface area (Å²) >= 11 is 0. The number of hydrogen-bond donors (Lipinski definition) is 1. The Morgan fingerprint density at radius 3 is 3.12 bits per heavy atom. The molecule has 1 unspecified atom stereocenters. The molecule has 4 nitrogen and oxygen atoms in total. The van der Waals surface area contributed by atoms with E-state index in [1.165, 1.54) is 12.1 Å². The summed E-state index contributed by atoms with van der Waals surface area (Å²) in [4.78, 5) is 11.6. The van der Waals surface area contributed by atoms with Crippen LogP contribution in [-0.2, 0) is 9.47 Å². The van der Waals surface area contributed by atoms with E-state index in [0.29, 0.717) is 18.9 Å². The van der Waals surface area contributed by atoms with Gasteiger partial charge in [0.15, 0.2) is 0 Å². The van der Waals surface area contributed by atoms with Gasteiger partial charge in [0.25, 0.3) is 0 Å². The molecule has 2 rings (SSSR count). The number of rotatable bonds is 3. The van der Waals surface area contributed by atoms with Gasteiger partial charge >= 0.3 is 5.97 Å². The van der Waals surface area contributed by atoms with Gasteiger partial charge in [-0.2, -0.15) is 0 Å². The van der Waals surface area contributed by atoms with Crippen LogP contribution < -0.4 is 5.73 Å². The summed E-state index contributed by atoms with van der Waals surface area (Å²) in [5, 5.41) is 0. The van der Waals surface area contributed by atoms with E-state index in [9.17, 15) is 9.18 Å². The summed E-state index contributed by atoms with van der Waals surface area (Å²) < 4.78 is 23.5. The first-order valence-corrected chi connectivity index (χ1v) is 5.46. The first kappa shape index (κ1) is 11.9. The number of halogens is 1. The van der Waals surface area contributed by atoms with Crippen LogP contribution in [0.4, 0.5) is 10.1 Å². The summed E-state index contributed by atoms with van der Waals surface area (Å²) in [5.41, 5.74) is 5.70. The molecule has 0 aliphatic carbocycles. The molecule has 1 heterocycles. The van der Waals surface area contributed by atoms with Crippen molar-refractivity contribution < 1.29 is 18.7 Å². The van der Waals surface area contributed by atoms with Crippen molar-refractivity contribution in [2.75, 3.05) is 25.6 Å². The quantitative estimate of drug-likeness (QED) is 0.643. The van der Waals surface area contributed by atoms with Gasteiger partial charge < -0.3 is 15.2 Å². The summed E-state index contributed by atoms with van der Waals surface area (Å²) in [6.45, 7) is 1.54. The first-order valence-electron chi connectivity index (χ1n) is 5.46. The van der Waals surface area contributed by atoms with Gasteiger partial charge in [-0.15, -0.1) is 0 Å². The third kappa shape index (κ3) is 2.94. The molecule has 2 N–H and O–H groups in total. The highest BCUT2D eigenvalue weighted by molar-refractivity contribution is 5.90. The molecule has 0 radical (unpaired) electrons. The molecule has 0 amide bonds. The minimum absolute atomic E-state index is 0.121. The van der Waals surface area contributed by atoms with Crippen LogP contribution in [0, 0.1) is 11.7 Å². The predicted molar refractivity (Wildman–Crippen MR) is 60.0 cm³/mol. The number of anilines is 1. The van der Waals surface area contributed by atoms with Crippen LogP contribution in [0.5, 0.6) is 0 Å². The molecule has 0 bridgehead atoms. The van der Waals surface area contributed by atoms with E-state index in [-0.39, 0.29) is 18.1 Å². The minimum Gasteiger partial charge on any atom is -0.462 e. The fourth-order valence-electron chi connectivity index (χ4n) is 1.69. The Balaban J connectivity index is 1.96. The van der Waals surface area contributed by atoms with Gasteiger partial charge in [0.05, 0.1) is 18.8 Å². The average molecular weight is 239 g/mol. The normalized spacial score (nSPS) is 19.2. The summed E-state index contributed by atoms with van der Waals surface area (Å²) in [5.74, 6) is -1.09. The van der Waals surface area contributed by atoms with Crippen LogP contribution in [-0.4, -0.2) is 25.8 Å². The maximum Gasteiger partial charge on any atom is 0.341 e. The minimum atomic E-state index is -0.679. The number of carbonyl (C=O) groups excluding carboxylic acids is 1. The van der Waals surface area contributed by atoms with E-state index < -0.39 is 11.8 Å². The van der Waals surface area contributed by atoms with Gasteiger partial charge in [-0.1, -0.05) is 0 Å². The van der Waals surface area contributed by atoms with E-state index in [1.807, 2.05) is 0 Å². The Morgan fingerprint density at radius 2 is 2.41 bits per heavy atom. The van der Waals surface area contributed by atoms with Crippen LogP contribution in [0.3, 0.4) is 0 Å². The highest BCUT2D eigenvalue weighted by Gasteiger charge is 2.19. The van der Waals surface area contributed by atoms with Crippen LogP contribution in [0.15, 0.2) is 18.2 Å². The largest absolute Gasteiger partial charge is 0.462 e. The van der Waals surface area contributed by atoms with Crippen LogP contribution in [0.2, 0.25) is 0 Å². The van der Waals surface area contributed by atoms with Crippen LogP contribution in [0.1, 0.15) is 16.8 Å². The number of nitrogen functional groups attached to an aromatic ring is 1. The zero-order valence-corrected chi connectivity index (χ0v) is 9.32. The maximum absolute atomic E-state index is 13.3. The molecule has 1 aromatic rings. The van der Waals surface area contributed by atoms with Gasteiger partial charge in [0.1, 0.15) is 5.82 Å². The second-order valence-electron chi connectivity index (χ2n) is 4.07. The summed E-state index contributed by atoms with van der Waals surface area (Å²) in [7, 11) is 0. The van der Waals surface area contributed by atoms with Crippen molar-refractivity contribution in [2.24, 2.45) is 5.92 Å². The van der Waals surface area contributed by atoms with Crippen molar-refractivity contribution in [3.8, 4) is 0 Å². The second-order valence-corrected chi connectivity index (χ2v) is 4.07. The number of ether oxygens (including phenoxy) is 2. The van der Waals surface area contributed by atoms with Gasteiger partial charge in [-0.3, -0.25) is 0 Å². The Kier molecular flexibility index (Phi) is 3.58. The lowest BCUT2D eigenvalue weighted by Gasteiger charge is -2.09. The molecule has 17 heavy (non-hydrogen) atoms. The number of esters is 1. The summed E-state index contributed by atoms with van der Waals surface area (Å²) in [6, 6.07) is 3.84. The zero-order chi connectivity index (χ0) is 12.3. The molecule has 1 aromatic carbocycles. The molecule has 1 fully saturated rings. The summed E-state index contributed by atoms with van der Waals surface area (Å²) in [6.07, 6.45) is 0.868. The standard InChI is InChI=1S/C12H14FNO3/c13-11-2-1-9(14)5-10(11)12(15)17-7-8-3-4-16-6-8/h1-2,5,8H,3-4,6-7,14H2. The van der Waals surface area contributed by atoms with Gasteiger partial charge in [-0.05, 0) is 24.6 Å². The Morgan fingerprint density at radius 1 is 1.59 bits per heavy atom. The third-order valence-electron chi connectivity index (χ3n) is 2.68. The zero-order valence-electron chi connectivity index (χ0n) is 9.32. The van der Waals surface area contributed by atoms with Gasteiger partial charge in [-0.25, -0.2) is 9.18 Å². The average Bonchev–Trinajstić information content (AvgIpc) is 2.82. The molecule has 1 aliphatic rings. The lowest BCUT2D eigenvalue weighted by Crippen LogP contribution is -2.15. The second kappa shape index (κ2) is 5.14. The van der Waals surface area contributed by atoms with Crippen molar-refractivity contribution in [3.05, 3.63) is 29.6 Å². The molecule has 1 atom stereocenters. The van der Waals surface area contributed by atoms with Crippen molar-refractivity contribution in [1.82, 2.24) is 0 Å². The van der Waals surface area contributed by atoms with Gasteiger partial charge in [0, 0.05) is 18.2 Å². The predicted octanol–water partition coefficient (Wildman–Crippen LogP) is 1.60. The monoisotopic (exact) mass is 239 g/mol. The van der Waals surface area contributed by atoms with Crippen molar-refractivity contribution in [1.29, 1.82) is 0 Å². The molecule has 92 valence electrons. The SMILES string of the molecule is Nc1ccc(F)c(C(=O)OCC2CCOC2)c1. The van der Waals surface area contributed by atoms with E-state index in [0.717, 1.165) is 12.5 Å². The molecule has 0 saturated carbocycles. The van der Waals surface area contributed by atoms with E-state index in [1.54, 1.807) is 0 Å². The Hall–Kier alpha value is -1.62. The topological polar surface area (TPSA) is 61.6 Å².